The highest BCUT2D eigenvalue weighted by atomic mass is 35.5. The highest BCUT2D eigenvalue weighted by Crippen LogP contribution is 2.35. The fourth-order valence-corrected chi connectivity index (χ4v) is 3.54. The molecule has 0 aliphatic rings. The van der Waals surface area contributed by atoms with E-state index in [0.29, 0.717) is 0 Å². The number of thiophene rings is 1. The summed E-state index contributed by atoms with van der Waals surface area (Å²) >= 11 is 9.06. The molecule has 4 heteroatoms. The van der Waals surface area contributed by atoms with Crippen LogP contribution in [-0.4, -0.2) is 6.29 Å². The van der Waals surface area contributed by atoms with E-state index in [1.807, 2.05) is 37.3 Å². The second kappa shape index (κ2) is 5.04. The average molecular weight is 269 g/mol. The highest BCUT2D eigenvalue weighted by Gasteiger charge is 2.06. The highest BCUT2D eigenvalue weighted by molar-refractivity contribution is 7.99. The molecule has 0 aliphatic carbocycles. The van der Waals surface area contributed by atoms with Crippen molar-refractivity contribution in [1.82, 2.24) is 0 Å². The van der Waals surface area contributed by atoms with Gasteiger partial charge in [-0.05, 0) is 31.2 Å². The molecular formula is C12H9ClOS2. The zero-order chi connectivity index (χ0) is 11.5. The van der Waals surface area contributed by atoms with Gasteiger partial charge < -0.3 is 0 Å². The van der Waals surface area contributed by atoms with Crippen LogP contribution in [0.25, 0.3) is 0 Å². The number of hydrogen-bond acceptors (Lipinski definition) is 3. The molecule has 0 fully saturated rings. The zero-order valence-corrected chi connectivity index (χ0v) is 11.0. The SMILES string of the molecule is Cc1sc(C=O)cc1Sc1cccc(Cl)c1. The smallest absolute Gasteiger partial charge is 0.160 e. The van der Waals surface area contributed by atoms with E-state index < -0.39 is 0 Å². The van der Waals surface area contributed by atoms with Crippen LogP contribution in [0.2, 0.25) is 5.02 Å². The lowest BCUT2D eigenvalue weighted by Crippen LogP contribution is -1.73. The Labute approximate surface area is 107 Å². The Morgan fingerprint density at radius 3 is 2.81 bits per heavy atom. The maximum atomic E-state index is 10.7. The zero-order valence-electron chi connectivity index (χ0n) is 8.57. The van der Waals surface area contributed by atoms with E-state index in [1.54, 1.807) is 11.8 Å². The van der Waals surface area contributed by atoms with Crippen LogP contribution in [0.5, 0.6) is 0 Å². The minimum atomic E-state index is 0.730. The van der Waals surface area contributed by atoms with Crippen molar-refractivity contribution in [2.45, 2.75) is 16.7 Å². The van der Waals surface area contributed by atoms with Crippen molar-refractivity contribution in [1.29, 1.82) is 0 Å². The summed E-state index contributed by atoms with van der Waals surface area (Å²) in [4.78, 5) is 14.8. The first-order chi connectivity index (χ1) is 7.69. The first kappa shape index (κ1) is 11.7. The van der Waals surface area contributed by atoms with Crippen LogP contribution in [0.4, 0.5) is 0 Å². The summed E-state index contributed by atoms with van der Waals surface area (Å²) in [6.45, 7) is 2.02. The van der Waals surface area contributed by atoms with Crippen molar-refractivity contribution in [2.75, 3.05) is 0 Å². The van der Waals surface area contributed by atoms with Gasteiger partial charge in [0, 0.05) is 19.7 Å². The van der Waals surface area contributed by atoms with Crippen molar-refractivity contribution in [3.8, 4) is 0 Å². The predicted octanol–water partition coefficient (Wildman–Crippen LogP) is 4.67. The topological polar surface area (TPSA) is 17.1 Å². The van der Waals surface area contributed by atoms with E-state index in [2.05, 4.69) is 0 Å². The number of aryl methyl sites for hydroxylation is 1. The molecule has 0 amide bonds. The molecule has 0 atom stereocenters. The van der Waals surface area contributed by atoms with Gasteiger partial charge in [0.1, 0.15) is 0 Å². The van der Waals surface area contributed by atoms with Crippen molar-refractivity contribution in [3.05, 3.63) is 45.1 Å². The molecule has 0 spiro atoms. The van der Waals surface area contributed by atoms with E-state index in [1.165, 1.54) is 11.3 Å². The lowest BCUT2D eigenvalue weighted by Gasteiger charge is -2.00. The van der Waals surface area contributed by atoms with Crippen LogP contribution in [0, 0.1) is 6.92 Å². The van der Waals surface area contributed by atoms with Crippen LogP contribution < -0.4 is 0 Å². The number of benzene rings is 1. The molecule has 0 saturated carbocycles. The Morgan fingerprint density at radius 1 is 1.38 bits per heavy atom. The van der Waals surface area contributed by atoms with Crippen molar-refractivity contribution in [2.24, 2.45) is 0 Å². The summed E-state index contributed by atoms with van der Waals surface area (Å²) < 4.78 is 0. The Kier molecular flexibility index (Phi) is 3.69. The third-order valence-corrected chi connectivity index (χ3v) is 4.51. The van der Waals surface area contributed by atoms with Crippen molar-refractivity contribution < 1.29 is 4.79 Å². The molecule has 1 aromatic heterocycles. The van der Waals surface area contributed by atoms with E-state index in [4.69, 9.17) is 11.6 Å². The molecule has 16 heavy (non-hydrogen) atoms. The van der Waals surface area contributed by atoms with Crippen molar-refractivity contribution >= 4 is 41.0 Å². The molecular weight excluding hydrogens is 260 g/mol. The van der Waals surface area contributed by atoms with Crippen LogP contribution in [0.15, 0.2) is 40.1 Å². The normalized spacial score (nSPS) is 10.4. The number of carbonyl (C=O) groups excluding carboxylic acids is 1. The lowest BCUT2D eigenvalue weighted by molar-refractivity contribution is 0.112. The monoisotopic (exact) mass is 268 g/mol. The summed E-state index contributed by atoms with van der Waals surface area (Å²) in [5.41, 5.74) is 0. The van der Waals surface area contributed by atoms with Gasteiger partial charge in [-0.1, -0.05) is 29.4 Å². The van der Waals surface area contributed by atoms with Gasteiger partial charge >= 0.3 is 0 Å². The maximum Gasteiger partial charge on any atom is 0.160 e. The van der Waals surface area contributed by atoms with Crippen LogP contribution in [0.1, 0.15) is 14.5 Å². The molecule has 2 rings (SSSR count). The molecule has 1 heterocycles. The molecule has 1 aromatic carbocycles. The molecule has 0 saturated heterocycles. The van der Waals surface area contributed by atoms with Gasteiger partial charge in [0.25, 0.3) is 0 Å². The third kappa shape index (κ3) is 2.67. The van der Waals surface area contributed by atoms with Gasteiger partial charge in [-0.2, -0.15) is 0 Å². The van der Waals surface area contributed by atoms with E-state index in [0.717, 1.165) is 30.9 Å². The van der Waals surface area contributed by atoms with E-state index in [-0.39, 0.29) is 0 Å². The van der Waals surface area contributed by atoms with Crippen LogP contribution >= 0.6 is 34.7 Å². The summed E-state index contributed by atoms with van der Waals surface area (Å²) in [7, 11) is 0. The number of aldehydes is 1. The quantitative estimate of drug-likeness (QED) is 0.752. The van der Waals surface area contributed by atoms with Crippen LogP contribution in [0.3, 0.4) is 0 Å². The van der Waals surface area contributed by atoms with E-state index in [9.17, 15) is 4.79 Å². The Balaban J connectivity index is 2.26. The molecule has 82 valence electrons. The minimum absolute atomic E-state index is 0.730. The Morgan fingerprint density at radius 2 is 2.19 bits per heavy atom. The molecule has 0 aliphatic heterocycles. The fourth-order valence-electron chi connectivity index (χ4n) is 1.30. The molecule has 0 bridgehead atoms. The first-order valence-electron chi connectivity index (χ1n) is 4.68. The third-order valence-electron chi connectivity index (χ3n) is 2.03. The van der Waals surface area contributed by atoms with Gasteiger partial charge in [0.2, 0.25) is 0 Å². The Hall–Kier alpha value is -0.770. The predicted molar refractivity (Wildman–Crippen MR) is 70.0 cm³/mol. The van der Waals surface area contributed by atoms with Gasteiger partial charge in [-0.25, -0.2) is 0 Å². The second-order valence-electron chi connectivity index (χ2n) is 3.25. The van der Waals surface area contributed by atoms with Gasteiger partial charge in [0.15, 0.2) is 6.29 Å². The molecule has 2 aromatic rings. The lowest BCUT2D eigenvalue weighted by atomic mass is 10.4. The van der Waals surface area contributed by atoms with Gasteiger partial charge in [0.05, 0.1) is 4.88 Å². The summed E-state index contributed by atoms with van der Waals surface area (Å²) in [5, 5.41) is 0.730. The molecule has 0 N–H and O–H groups in total. The minimum Gasteiger partial charge on any atom is -0.297 e. The standard InChI is InChI=1S/C12H9ClOS2/c1-8-12(6-11(7-14)15-8)16-10-4-2-3-9(13)5-10/h2-7H,1H3. The summed E-state index contributed by atoms with van der Waals surface area (Å²) in [5.74, 6) is 0. The second-order valence-corrected chi connectivity index (χ2v) is 6.09. The molecule has 0 unspecified atom stereocenters. The number of rotatable bonds is 3. The summed E-state index contributed by atoms with van der Waals surface area (Å²) in [6, 6.07) is 9.62. The van der Waals surface area contributed by atoms with Crippen LogP contribution in [-0.2, 0) is 0 Å². The van der Waals surface area contributed by atoms with Gasteiger partial charge in [-0.15, -0.1) is 11.3 Å². The van der Waals surface area contributed by atoms with Crippen molar-refractivity contribution in [3.63, 3.8) is 0 Å². The fraction of sp³-hybridized carbons (Fsp3) is 0.0833. The average Bonchev–Trinajstić information content (AvgIpc) is 2.60. The molecule has 1 nitrogen and oxygen atoms in total. The largest absolute Gasteiger partial charge is 0.297 e. The summed E-state index contributed by atoms with van der Waals surface area (Å²) in [6.07, 6.45) is 0.889. The number of halogens is 1. The number of carbonyl (C=O) groups is 1. The van der Waals surface area contributed by atoms with Gasteiger partial charge in [-0.3, -0.25) is 4.79 Å². The van der Waals surface area contributed by atoms with E-state index >= 15 is 0 Å². The first-order valence-corrected chi connectivity index (χ1v) is 6.69. The molecule has 0 radical (unpaired) electrons. The number of hydrogen-bond donors (Lipinski definition) is 0. The maximum absolute atomic E-state index is 10.7. The Bertz CT molecular complexity index is 519.